The molecule has 0 unspecified atom stereocenters. The Morgan fingerprint density at radius 1 is 1.29 bits per heavy atom. The average Bonchev–Trinajstić information content (AvgIpc) is 2.49. The molecule has 0 aromatic carbocycles. The smallest absolute Gasteiger partial charge is 0.116 e. The molecule has 0 atom stereocenters. The van der Waals surface area contributed by atoms with E-state index in [0.717, 1.165) is 11.9 Å². The van der Waals surface area contributed by atoms with E-state index in [1.54, 1.807) is 17.7 Å². The molecule has 74 valence electrons. The number of rotatable bonds is 1. The fourth-order valence-electron chi connectivity index (χ4n) is 1.47. The standard InChI is InChI=1S/C11H14N2S/c1-11(2,3)6-9-10-8(4-5-14-10)12-7-13-9/h4-5,7H,6H2,1-3H3. The lowest BCUT2D eigenvalue weighted by Gasteiger charge is -2.17. The van der Waals surface area contributed by atoms with Crippen molar-refractivity contribution in [1.29, 1.82) is 0 Å². The van der Waals surface area contributed by atoms with Crippen LogP contribution in [0, 0.1) is 5.41 Å². The SMILES string of the molecule is CC(C)(C)Cc1ncnc2ccsc12. The van der Waals surface area contributed by atoms with Crippen molar-refractivity contribution in [3.8, 4) is 0 Å². The number of thiophene rings is 1. The Morgan fingerprint density at radius 2 is 2.07 bits per heavy atom. The van der Waals surface area contributed by atoms with Crippen LogP contribution in [0.4, 0.5) is 0 Å². The molecule has 0 bridgehead atoms. The van der Waals surface area contributed by atoms with E-state index in [4.69, 9.17) is 0 Å². The molecular formula is C11H14N2S. The van der Waals surface area contributed by atoms with Gasteiger partial charge < -0.3 is 0 Å². The summed E-state index contributed by atoms with van der Waals surface area (Å²) in [6, 6.07) is 2.05. The van der Waals surface area contributed by atoms with Gasteiger partial charge in [0.1, 0.15) is 6.33 Å². The van der Waals surface area contributed by atoms with Gasteiger partial charge in [0.15, 0.2) is 0 Å². The molecule has 0 N–H and O–H groups in total. The molecule has 2 heterocycles. The fourth-order valence-corrected chi connectivity index (χ4v) is 2.30. The molecule has 0 aliphatic carbocycles. The lowest BCUT2D eigenvalue weighted by Crippen LogP contribution is -2.10. The maximum absolute atomic E-state index is 4.36. The molecule has 2 nitrogen and oxygen atoms in total. The van der Waals surface area contributed by atoms with Crippen LogP contribution in [-0.2, 0) is 6.42 Å². The van der Waals surface area contributed by atoms with Crippen molar-refractivity contribution in [2.24, 2.45) is 5.41 Å². The molecule has 0 radical (unpaired) electrons. The Labute approximate surface area is 88.0 Å². The van der Waals surface area contributed by atoms with Crippen LogP contribution >= 0.6 is 11.3 Å². The quantitative estimate of drug-likeness (QED) is 0.715. The summed E-state index contributed by atoms with van der Waals surface area (Å²) in [5.41, 5.74) is 2.53. The summed E-state index contributed by atoms with van der Waals surface area (Å²) in [4.78, 5) is 8.59. The number of hydrogen-bond acceptors (Lipinski definition) is 3. The van der Waals surface area contributed by atoms with Crippen LogP contribution < -0.4 is 0 Å². The lowest BCUT2D eigenvalue weighted by atomic mass is 9.90. The van der Waals surface area contributed by atoms with Gasteiger partial charge in [-0.1, -0.05) is 20.8 Å². The van der Waals surface area contributed by atoms with Gasteiger partial charge in [-0.15, -0.1) is 11.3 Å². The molecule has 14 heavy (non-hydrogen) atoms. The molecule has 0 saturated carbocycles. The first-order valence-electron chi connectivity index (χ1n) is 4.73. The zero-order valence-corrected chi connectivity index (χ0v) is 9.56. The van der Waals surface area contributed by atoms with Crippen molar-refractivity contribution in [2.45, 2.75) is 27.2 Å². The van der Waals surface area contributed by atoms with E-state index in [9.17, 15) is 0 Å². The van der Waals surface area contributed by atoms with Crippen molar-refractivity contribution in [1.82, 2.24) is 9.97 Å². The second kappa shape index (κ2) is 3.31. The molecule has 0 aliphatic rings. The second-order valence-corrected chi connectivity index (χ2v) is 5.61. The van der Waals surface area contributed by atoms with E-state index in [1.807, 2.05) is 6.07 Å². The molecule has 0 spiro atoms. The predicted octanol–water partition coefficient (Wildman–Crippen LogP) is 3.28. The van der Waals surface area contributed by atoms with Crippen LogP contribution in [-0.4, -0.2) is 9.97 Å². The normalized spacial score (nSPS) is 12.2. The summed E-state index contributed by atoms with van der Waals surface area (Å²) < 4.78 is 1.24. The fraction of sp³-hybridized carbons (Fsp3) is 0.455. The Morgan fingerprint density at radius 3 is 2.79 bits per heavy atom. The number of fused-ring (bicyclic) bond motifs is 1. The molecular weight excluding hydrogens is 192 g/mol. The van der Waals surface area contributed by atoms with E-state index < -0.39 is 0 Å². The van der Waals surface area contributed by atoms with Gasteiger partial charge in [0.2, 0.25) is 0 Å². The summed E-state index contributed by atoms with van der Waals surface area (Å²) in [6.07, 6.45) is 2.67. The van der Waals surface area contributed by atoms with Crippen molar-refractivity contribution in [2.75, 3.05) is 0 Å². The second-order valence-electron chi connectivity index (χ2n) is 4.69. The van der Waals surface area contributed by atoms with Crippen LogP contribution in [0.25, 0.3) is 10.2 Å². The Balaban J connectivity index is 2.46. The Hall–Kier alpha value is -0.960. The third kappa shape index (κ3) is 1.93. The predicted molar refractivity (Wildman–Crippen MR) is 60.6 cm³/mol. The minimum atomic E-state index is 0.283. The number of aromatic nitrogens is 2. The van der Waals surface area contributed by atoms with Gasteiger partial charge >= 0.3 is 0 Å². The maximum Gasteiger partial charge on any atom is 0.116 e. The highest BCUT2D eigenvalue weighted by atomic mass is 32.1. The van der Waals surface area contributed by atoms with Gasteiger partial charge in [0.25, 0.3) is 0 Å². The largest absolute Gasteiger partial charge is 0.240 e. The highest BCUT2D eigenvalue weighted by Crippen LogP contribution is 2.27. The van der Waals surface area contributed by atoms with Crippen LogP contribution in [0.15, 0.2) is 17.8 Å². The van der Waals surface area contributed by atoms with E-state index in [0.29, 0.717) is 0 Å². The minimum Gasteiger partial charge on any atom is -0.240 e. The summed E-state index contributed by atoms with van der Waals surface area (Å²) >= 11 is 1.73. The third-order valence-corrected chi connectivity index (χ3v) is 2.97. The first-order valence-corrected chi connectivity index (χ1v) is 5.61. The first-order chi connectivity index (χ1) is 6.56. The van der Waals surface area contributed by atoms with Gasteiger partial charge in [0, 0.05) is 0 Å². The summed E-state index contributed by atoms with van der Waals surface area (Å²) in [7, 11) is 0. The monoisotopic (exact) mass is 206 g/mol. The minimum absolute atomic E-state index is 0.283. The molecule has 0 fully saturated rings. The summed E-state index contributed by atoms with van der Waals surface area (Å²) in [5.74, 6) is 0. The van der Waals surface area contributed by atoms with E-state index >= 15 is 0 Å². The topological polar surface area (TPSA) is 25.8 Å². The first kappa shape index (κ1) is 9.59. The van der Waals surface area contributed by atoms with Crippen LogP contribution in [0.1, 0.15) is 26.5 Å². The van der Waals surface area contributed by atoms with Crippen molar-refractivity contribution >= 4 is 21.6 Å². The maximum atomic E-state index is 4.36. The van der Waals surface area contributed by atoms with Crippen LogP contribution in [0.5, 0.6) is 0 Å². The number of nitrogens with zero attached hydrogens (tertiary/aromatic N) is 2. The van der Waals surface area contributed by atoms with Crippen molar-refractivity contribution in [3.05, 3.63) is 23.5 Å². The van der Waals surface area contributed by atoms with Gasteiger partial charge in [-0.2, -0.15) is 0 Å². The molecule has 0 amide bonds. The Bertz CT molecular complexity index is 440. The van der Waals surface area contributed by atoms with Gasteiger partial charge in [0.05, 0.1) is 15.9 Å². The molecule has 0 aliphatic heterocycles. The summed E-state index contributed by atoms with van der Waals surface area (Å²) in [6.45, 7) is 6.69. The average molecular weight is 206 g/mol. The molecule has 2 rings (SSSR count). The third-order valence-electron chi connectivity index (χ3n) is 2.01. The van der Waals surface area contributed by atoms with Gasteiger partial charge in [-0.3, -0.25) is 0 Å². The molecule has 2 aromatic heterocycles. The van der Waals surface area contributed by atoms with Crippen LogP contribution in [0.2, 0.25) is 0 Å². The molecule has 2 aromatic rings. The highest BCUT2D eigenvalue weighted by molar-refractivity contribution is 7.17. The lowest BCUT2D eigenvalue weighted by molar-refractivity contribution is 0.408. The highest BCUT2D eigenvalue weighted by Gasteiger charge is 2.15. The van der Waals surface area contributed by atoms with Crippen molar-refractivity contribution < 1.29 is 0 Å². The van der Waals surface area contributed by atoms with Gasteiger partial charge in [-0.05, 0) is 23.3 Å². The van der Waals surface area contributed by atoms with E-state index in [-0.39, 0.29) is 5.41 Å². The molecule has 0 saturated heterocycles. The molecule has 3 heteroatoms. The zero-order chi connectivity index (χ0) is 10.2. The van der Waals surface area contributed by atoms with Gasteiger partial charge in [-0.25, -0.2) is 9.97 Å². The zero-order valence-electron chi connectivity index (χ0n) is 8.74. The Kier molecular flexibility index (Phi) is 2.27. The van der Waals surface area contributed by atoms with E-state index in [2.05, 4.69) is 36.1 Å². The van der Waals surface area contributed by atoms with Crippen LogP contribution in [0.3, 0.4) is 0 Å². The number of hydrogen-bond donors (Lipinski definition) is 0. The van der Waals surface area contributed by atoms with E-state index in [1.165, 1.54) is 10.4 Å². The van der Waals surface area contributed by atoms with Crippen molar-refractivity contribution in [3.63, 3.8) is 0 Å². The summed E-state index contributed by atoms with van der Waals surface area (Å²) in [5, 5.41) is 2.07.